The molecule has 0 spiro atoms. The Morgan fingerprint density at radius 1 is 1.30 bits per heavy atom. The zero-order valence-electron chi connectivity index (χ0n) is 14.7. The Morgan fingerprint density at radius 2 is 2.13 bits per heavy atom. The standard InChI is InChI=1S/C18H32N4O/c1-3-19-18(20-12-11-17-10-7-15-23-17)21-13-14-22(2)16-8-5-4-6-9-16/h7,10,15-16H,3-6,8-9,11-14H2,1-2H3,(H2,19,20,21). The molecular formula is C18H32N4O. The second-order valence-electron chi connectivity index (χ2n) is 6.29. The summed E-state index contributed by atoms with van der Waals surface area (Å²) in [5.41, 5.74) is 0. The zero-order chi connectivity index (χ0) is 16.3. The Kier molecular flexibility index (Phi) is 8.01. The van der Waals surface area contributed by atoms with Crippen molar-refractivity contribution in [3.8, 4) is 0 Å². The molecule has 1 aliphatic rings. The smallest absolute Gasteiger partial charge is 0.191 e. The molecule has 1 aliphatic carbocycles. The number of guanidine groups is 1. The number of furan rings is 1. The summed E-state index contributed by atoms with van der Waals surface area (Å²) in [4.78, 5) is 7.17. The van der Waals surface area contributed by atoms with Gasteiger partial charge in [-0.2, -0.15) is 0 Å². The lowest BCUT2D eigenvalue weighted by molar-refractivity contribution is 0.196. The fourth-order valence-electron chi connectivity index (χ4n) is 3.12. The van der Waals surface area contributed by atoms with Gasteiger partial charge in [0.15, 0.2) is 5.96 Å². The largest absolute Gasteiger partial charge is 0.469 e. The number of rotatable bonds is 8. The fourth-order valence-corrected chi connectivity index (χ4v) is 3.12. The first-order chi connectivity index (χ1) is 11.3. The molecule has 1 aromatic rings. The van der Waals surface area contributed by atoms with Crippen molar-refractivity contribution in [2.24, 2.45) is 4.99 Å². The van der Waals surface area contributed by atoms with Crippen LogP contribution in [0.4, 0.5) is 0 Å². The van der Waals surface area contributed by atoms with Gasteiger partial charge in [-0.15, -0.1) is 0 Å². The molecule has 1 fully saturated rings. The third-order valence-corrected chi connectivity index (χ3v) is 4.51. The van der Waals surface area contributed by atoms with E-state index in [-0.39, 0.29) is 0 Å². The van der Waals surface area contributed by atoms with Crippen molar-refractivity contribution in [2.45, 2.75) is 51.5 Å². The second-order valence-corrected chi connectivity index (χ2v) is 6.29. The highest BCUT2D eigenvalue weighted by Gasteiger charge is 2.17. The van der Waals surface area contributed by atoms with Crippen LogP contribution in [0.15, 0.2) is 27.8 Å². The van der Waals surface area contributed by atoms with Crippen molar-refractivity contribution in [2.75, 3.05) is 33.2 Å². The lowest BCUT2D eigenvalue weighted by Crippen LogP contribution is -2.39. The van der Waals surface area contributed by atoms with Gasteiger partial charge < -0.3 is 20.0 Å². The van der Waals surface area contributed by atoms with Gasteiger partial charge in [0, 0.05) is 32.1 Å². The summed E-state index contributed by atoms with van der Waals surface area (Å²) < 4.78 is 5.35. The highest BCUT2D eigenvalue weighted by atomic mass is 16.3. The summed E-state index contributed by atoms with van der Waals surface area (Å²) in [6, 6.07) is 4.69. The van der Waals surface area contributed by atoms with Gasteiger partial charge >= 0.3 is 0 Å². The molecule has 130 valence electrons. The molecular weight excluding hydrogens is 288 g/mol. The minimum absolute atomic E-state index is 0.758. The van der Waals surface area contributed by atoms with Crippen LogP contribution in [0.5, 0.6) is 0 Å². The summed E-state index contributed by atoms with van der Waals surface area (Å²) >= 11 is 0. The van der Waals surface area contributed by atoms with Gasteiger partial charge in [-0.05, 0) is 38.9 Å². The summed E-state index contributed by atoms with van der Waals surface area (Å²) in [5.74, 6) is 1.90. The third-order valence-electron chi connectivity index (χ3n) is 4.51. The van der Waals surface area contributed by atoms with E-state index in [0.29, 0.717) is 0 Å². The van der Waals surface area contributed by atoms with E-state index in [2.05, 4.69) is 34.5 Å². The molecule has 0 bridgehead atoms. The molecule has 23 heavy (non-hydrogen) atoms. The van der Waals surface area contributed by atoms with Crippen LogP contribution in [0.25, 0.3) is 0 Å². The molecule has 0 saturated heterocycles. The van der Waals surface area contributed by atoms with Crippen LogP contribution in [0.2, 0.25) is 0 Å². The molecule has 1 aromatic heterocycles. The minimum atomic E-state index is 0.758. The molecule has 2 N–H and O–H groups in total. The van der Waals surface area contributed by atoms with E-state index in [4.69, 9.17) is 4.42 Å². The maximum absolute atomic E-state index is 5.35. The molecule has 5 nitrogen and oxygen atoms in total. The Morgan fingerprint density at radius 3 is 2.83 bits per heavy atom. The zero-order valence-corrected chi connectivity index (χ0v) is 14.7. The summed E-state index contributed by atoms with van der Waals surface area (Å²) in [5, 5.41) is 6.68. The van der Waals surface area contributed by atoms with E-state index in [1.54, 1.807) is 6.26 Å². The SMILES string of the molecule is CCNC(=NCCN(C)C1CCCCC1)NCCc1ccco1. The van der Waals surface area contributed by atoms with Crippen LogP contribution in [0.3, 0.4) is 0 Å². The number of aliphatic imine (C=N–C) groups is 1. The van der Waals surface area contributed by atoms with E-state index >= 15 is 0 Å². The average Bonchev–Trinajstić information content (AvgIpc) is 3.09. The van der Waals surface area contributed by atoms with Crippen LogP contribution in [0.1, 0.15) is 44.8 Å². The second kappa shape index (κ2) is 10.3. The van der Waals surface area contributed by atoms with Crippen molar-refractivity contribution in [3.63, 3.8) is 0 Å². The van der Waals surface area contributed by atoms with Crippen molar-refractivity contribution < 1.29 is 4.42 Å². The molecule has 0 atom stereocenters. The Bertz CT molecular complexity index is 438. The van der Waals surface area contributed by atoms with Crippen molar-refractivity contribution >= 4 is 5.96 Å². The van der Waals surface area contributed by atoms with Crippen molar-refractivity contribution in [3.05, 3.63) is 24.2 Å². The topological polar surface area (TPSA) is 52.8 Å². The maximum atomic E-state index is 5.35. The molecule has 0 aromatic carbocycles. The number of nitrogens with one attached hydrogen (secondary N) is 2. The monoisotopic (exact) mass is 320 g/mol. The first-order valence-electron chi connectivity index (χ1n) is 9.04. The molecule has 2 rings (SSSR count). The summed E-state index contributed by atoms with van der Waals surface area (Å²) in [6.45, 7) is 5.67. The summed E-state index contributed by atoms with van der Waals surface area (Å²) in [6.07, 6.45) is 9.47. The van der Waals surface area contributed by atoms with E-state index in [0.717, 1.165) is 50.4 Å². The average molecular weight is 320 g/mol. The predicted molar refractivity (Wildman–Crippen MR) is 95.9 cm³/mol. The first-order valence-corrected chi connectivity index (χ1v) is 9.04. The number of likely N-dealkylation sites (N-methyl/N-ethyl adjacent to an activating group) is 1. The van der Waals surface area contributed by atoms with Gasteiger partial charge in [0.2, 0.25) is 0 Å². The first kappa shape index (κ1) is 17.9. The van der Waals surface area contributed by atoms with Gasteiger partial charge in [-0.25, -0.2) is 0 Å². The van der Waals surface area contributed by atoms with Crippen LogP contribution >= 0.6 is 0 Å². The van der Waals surface area contributed by atoms with Gasteiger partial charge in [-0.3, -0.25) is 4.99 Å². The Labute approximate surface area is 140 Å². The fraction of sp³-hybridized carbons (Fsp3) is 0.722. The number of hydrogen-bond acceptors (Lipinski definition) is 3. The quantitative estimate of drug-likeness (QED) is 0.571. The number of nitrogens with zero attached hydrogens (tertiary/aromatic N) is 2. The lowest BCUT2D eigenvalue weighted by atomic mass is 9.94. The molecule has 0 aliphatic heterocycles. The van der Waals surface area contributed by atoms with E-state index in [9.17, 15) is 0 Å². The Balaban J connectivity index is 1.69. The van der Waals surface area contributed by atoms with Gasteiger partial charge in [0.25, 0.3) is 0 Å². The van der Waals surface area contributed by atoms with Crippen molar-refractivity contribution in [1.29, 1.82) is 0 Å². The van der Waals surface area contributed by atoms with Crippen LogP contribution in [-0.4, -0.2) is 50.1 Å². The van der Waals surface area contributed by atoms with E-state index in [1.807, 2.05) is 12.1 Å². The van der Waals surface area contributed by atoms with Crippen LogP contribution in [-0.2, 0) is 6.42 Å². The van der Waals surface area contributed by atoms with Crippen LogP contribution < -0.4 is 10.6 Å². The predicted octanol–water partition coefficient (Wildman–Crippen LogP) is 2.64. The normalized spacial score (nSPS) is 16.7. The van der Waals surface area contributed by atoms with Crippen LogP contribution in [0, 0.1) is 0 Å². The number of hydrogen-bond donors (Lipinski definition) is 2. The molecule has 1 heterocycles. The third kappa shape index (κ3) is 6.65. The van der Waals surface area contributed by atoms with E-state index < -0.39 is 0 Å². The van der Waals surface area contributed by atoms with Gasteiger partial charge in [0.1, 0.15) is 5.76 Å². The summed E-state index contributed by atoms with van der Waals surface area (Å²) in [7, 11) is 2.24. The molecule has 5 heteroatoms. The molecule has 0 amide bonds. The highest BCUT2D eigenvalue weighted by molar-refractivity contribution is 5.79. The lowest BCUT2D eigenvalue weighted by Gasteiger charge is -2.30. The van der Waals surface area contributed by atoms with E-state index in [1.165, 1.54) is 32.1 Å². The van der Waals surface area contributed by atoms with Gasteiger partial charge in [0.05, 0.1) is 12.8 Å². The molecule has 0 radical (unpaired) electrons. The molecule has 1 saturated carbocycles. The maximum Gasteiger partial charge on any atom is 0.191 e. The van der Waals surface area contributed by atoms with Crippen molar-refractivity contribution in [1.82, 2.24) is 15.5 Å². The van der Waals surface area contributed by atoms with Gasteiger partial charge in [-0.1, -0.05) is 19.3 Å². The molecule has 0 unspecified atom stereocenters. The highest BCUT2D eigenvalue weighted by Crippen LogP contribution is 2.21. The minimum Gasteiger partial charge on any atom is -0.469 e. The Hall–Kier alpha value is -1.49.